The number of rotatable bonds is 7. The number of benzene rings is 1. The summed E-state index contributed by atoms with van der Waals surface area (Å²) >= 11 is 1.73. The van der Waals surface area contributed by atoms with E-state index in [0.717, 1.165) is 33.2 Å². The van der Waals surface area contributed by atoms with Crippen molar-refractivity contribution in [3.63, 3.8) is 0 Å². The third kappa shape index (κ3) is 5.43. The van der Waals surface area contributed by atoms with Crippen LogP contribution in [0.15, 0.2) is 41.7 Å². The molecule has 25 heavy (non-hydrogen) atoms. The zero-order chi connectivity index (χ0) is 18.1. The fraction of sp³-hybridized carbons (Fsp3) is 0.353. The summed E-state index contributed by atoms with van der Waals surface area (Å²) in [6.45, 7) is 3.22. The first-order chi connectivity index (χ1) is 12.2. The van der Waals surface area contributed by atoms with Crippen molar-refractivity contribution in [2.24, 2.45) is 4.99 Å². The minimum absolute atomic E-state index is 0.462. The van der Waals surface area contributed by atoms with E-state index in [1.54, 1.807) is 25.1 Å². The van der Waals surface area contributed by atoms with Crippen molar-refractivity contribution in [3.05, 3.63) is 58.8 Å². The van der Waals surface area contributed by atoms with Crippen molar-refractivity contribution in [1.82, 2.24) is 15.2 Å². The van der Waals surface area contributed by atoms with Crippen LogP contribution < -0.4 is 15.4 Å². The zero-order valence-corrected chi connectivity index (χ0v) is 15.2. The summed E-state index contributed by atoms with van der Waals surface area (Å²) in [7, 11) is 1.62. The molecule has 0 bridgehead atoms. The molecule has 7 nitrogen and oxygen atoms in total. The molecule has 0 saturated carbocycles. The fourth-order valence-electron chi connectivity index (χ4n) is 2.36. The van der Waals surface area contributed by atoms with E-state index in [1.807, 2.05) is 35.9 Å². The molecule has 0 aliphatic heterocycles. The number of imidazole rings is 1. The van der Waals surface area contributed by atoms with Gasteiger partial charge < -0.3 is 10.5 Å². The van der Waals surface area contributed by atoms with E-state index in [1.165, 1.54) is 0 Å². The Kier molecular flexibility index (Phi) is 7.16. The second-order valence-corrected chi connectivity index (χ2v) is 6.48. The average molecular weight is 358 g/mol. The molecule has 0 fully saturated rings. The first-order valence-corrected chi connectivity index (χ1v) is 9.06. The molecule has 0 aliphatic carbocycles. The molecule has 0 saturated heterocycles. The highest BCUT2D eigenvalue weighted by Crippen LogP contribution is 2.16. The molecule has 2 aromatic rings. The van der Waals surface area contributed by atoms with Gasteiger partial charge >= 0.3 is 0 Å². The molecule has 2 rings (SSSR count). The Balaban J connectivity index is 1.90. The van der Waals surface area contributed by atoms with Crippen LogP contribution in [-0.4, -0.2) is 29.9 Å². The maximum absolute atomic E-state index is 12.0. The number of nitrogens with one attached hydrogen (secondary N) is 2. The Hall–Kier alpha value is -2.66. The molecule has 2 N–H and O–H groups in total. The average Bonchev–Trinajstić information content (AvgIpc) is 2.88. The Labute approximate surface area is 152 Å². The lowest BCUT2D eigenvalue weighted by Gasteiger charge is -2.07. The third-order valence-corrected chi connectivity index (χ3v) is 4.68. The molecule has 1 heterocycles. The van der Waals surface area contributed by atoms with Crippen LogP contribution in [-0.2, 0) is 12.3 Å². The summed E-state index contributed by atoms with van der Waals surface area (Å²) in [5, 5.41) is 26.1. The number of guanidine groups is 1. The lowest BCUT2D eigenvalue weighted by Crippen LogP contribution is -2.35. The highest BCUT2D eigenvalue weighted by Gasteiger charge is 2.16. The standard InChI is InChI=1S/C17H22N6OS/c1-14-16(11-25-9-8-20-17(19-2)21-12-18)22(13-23(14)24)10-15-6-4-3-5-7-15/h3-7,13H,8-11H2,1-2H3,(H2,19,20,21). The number of hydrogen-bond donors (Lipinski definition) is 2. The van der Waals surface area contributed by atoms with Crippen LogP contribution in [0.4, 0.5) is 0 Å². The Bertz CT molecular complexity index is 750. The summed E-state index contributed by atoms with van der Waals surface area (Å²) in [6, 6.07) is 10.1. The predicted octanol–water partition coefficient (Wildman–Crippen LogP) is 1.36. The van der Waals surface area contributed by atoms with Crippen molar-refractivity contribution >= 4 is 17.7 Å². The summed E-state index contributed by atoms with van der Waals surface area (Å²) < 4.78 is 2.93. The van der Waals surface area contributed by atoms with Crippen LogP contribution in [0.5, 0.6) is 0 Å². The normalized spacial score (nSPS) is 11.2. The van der Waals surface area contributed by atoms with Gasteiger partial charge in [-0.05, 0) is 5.56 Å². The van der Waals surface area contributed by atoms with Gasteiger partial charge in [0.2, 0.25) is 12.3 Å². The monoisotopic (exact) mass is 358 g/mol. The Morgan fingerprint density at radius 1 is 1.40 bits per heavy atom. The highest BCUT2D eigenvalue weighted by atomic mass is 32.2. The first-order valence-electron chi connectivity index (χ1n) is 7.91. The predicted molar refractivity (Wildman–Crippen MR) is 99.9 cm³/mol. The zero-order valence-electron chi connectivity index (χ0n) is 14.4. The highest BCUT2D eigenvalue weighted by molar-refractivity contribution is 7.98. The van der Waals surface area contributed by atoms with Crippen LogP contribution in [0.25, 0.3) is 0 Å². The van der Waals surface area contributed by atoms with Crippen LogP contribution in [0, 0.1) is 23.6 Å². The second kappa shape index (κ2) is 9.59. The quantitative estimate of drug-likeness (QED) is 0.148. The fourth-order valence-corrected chi connectivity index (χ4v) is 3.32. The van der Waals surface area contributed by atoms with Gasteiger partial charge in [-0.1, -0.05) is 30.3 Å². The largest absolute Gasteiger partial charge is 0.711 e. The molecular formula is C17H22N6OS. The molecule has 0 spiro atoms. The molecule has 1 aromatic carbocycles. The maximum Gasteiger partial charge on any atom is 0.247 e. The van der Waals surface area contributed by atoms with Crippen LogP contribution in [0.3, 0.4) is 0 Å². The molecule has 0 amide bonds. The molecule has 0 unspecified atom stereocenters. The number of hydrogen-bond acceptors (Lipinski definition) is 4. The molecule has 0 aliphatic rings. The third-order valence-electron chi connectivity index (χ3n) is 3.71. The molecular weight excluding hydrogens is 336 g/mol. The molecule has 0 atom stereocenters. The van der Waals surface area contributed by atoms with Gasteiger partial charge in [0, 0.05) is 26.3 Å². The van der Waals surface area contributed by atoms with E-state index in [0.29, 0.717) is 19.0 Å². The van der Waals surface area contributed by atoms with Gasteiger partial charge in [0.25, 0.3) is 0 Å². The van der Waals surface area contributed by atoms with E-state index in [4.69, 9.17) is 5.26 Å². The summed E-state index contributed by atoms with van der Waals surface area (Å²) in [6.07, 6.45) is 3.44. The van der Waals surface area contributed by atoms with Crippen LogP contribution in [0.2, 0.25) is 0 Å². The number of aliphatic imine (C=N–C) groups is 1. The number of nitrogens with zero attached hydrogens (tertiary/aromatic N) is 4. The molecule has 0 radical (unpaired) electrons. The van der Waals surface area contributed by atoms with Gasteiger partial charge in [0.05, 0.1) is 5.75 Å². The molecule has 8 heteroatoms. The van der Waals surface area contributed by atoms with Crippen LogP contribution in [0.1, 0.15) is 17.0 Å². The van der Waals surface area contributed by atoms with Crippen molar-refractivity contribution in [3.8, 4) is 6.19 Å². The number of thioether (sulfide) groups is 1. The molecule has 1 aromatic heterocycles. The van der Waals surface area contributed by atoms with Crippen molar-refractivity contribution in [2.45, 2.75) is 19.2 Å². The molecule has 132 valence electrons. The first kappa shape index (κ1) is 18.7. The lowest BCUT2D eigenvalue weighted by atomic mass is 10.2. The summed E-state index contributed by atoms with van der Waals surface area (Å²) in [4.78, 5) is 3.93. The van der Waals surface area contributed by atoms with E-state index in [2.05, 4.69) is 27.8 Å². The van der Waals surface area contributed by atoms with Gasteiger partial charge in [-0.25, -0.2) is 9.30 Å². The Morgan fingerprint density at radius 2 is 2.16 bits per heavy atom. The van der Waals surface area contributed by atoms with Gasteiger partial charge in [-0.2, -0.15) is 17.0 Å². The Morgan fingerprint density at radius 3 is 2.84 bits per heavy atom. The number of aromatic nitrogens is 2. The van der Waals surface area contributed by atoms with E-state index in [-0.39, 0.29) is 0 Å². The smallest absolute Gasteiger partial charge is 0.247 e. The van der Waals surface area contributed by atoms with Crippen molar-refractivity contribution in [1.29, 1.82) is 5.26 Å². The topological polar surface area (TPSA) is 92.1 Å². The van der Waals surface area contributed by atoms with Gasteiger partial charge in [0.1, 0.15) is 12.2 Å². The second-order valence-electron chi connectivity index (χ2n) is 5.38. The minimum atomic E-state index is 0.462. The lowest BCUT2D eigenvalue weighted by molar-refractivity contribution is -0.611. The minimum Gasteiger partial charge on any atom is -0.711 e. The number of nitriles is 1. The maximum atomic E-state index is 12.0. The van der Waals surface area contributed by atoms with Crippen molar-refractivity contribution in [2.75, 3.05) is 19.3 Å². The van der Waals surface area contributed by atoms with Crippen LogP contribution >= 0.6 is 11.8 Å². The summed E-state index contributed by atoms with van der Waals surface area (Å²) in [5.41, 5.74) is 2.93. The van der Waals surface area contributed by atoms with E-state index < -0.39 is 0 Å². The SMILES string of the molecule is CN=C(NC#N)NCCSCc1c(C)[n+]([O-])cn1Cc1ccccc1. The van der Waals surface area contributed by atoms with Gasteiger partial charge in [-0.15, -0.1) is 0 Å². The van der Waals surface area contributed by atoms with Crippen molar-refractivity contribution < 1.29 is 4.73 Å². The van der Waals surface area contributed by atoms with E-state index >= 15 is 0 Å². The summed E-state index contributed by atoms with van der Waals surface area (Å²) in [5.74, 6) is 2.05. The van der Waals surface area contributed by atoms with Gasteiger partial charge in [0.15, 0.2) is 11.9 Å². The van der Waals surface area contributed by atoms with Gasteiger partial charge in [-0.3, -0.25) is 10.3 Å². The van der Waals surface area contributed by atoms with E-state index in [9.17, 15) is 5.21 Å².